The van der Waals surface area contributed by atoms with Crippen molar-refractivity contribution in [3.8, 4) is 11.8 Å². The van der Waals surface area contributed by atoms with E-state index in [0.717, 1.165) is 23.4 Å². The Morgan fingerprint density at radius 1 is 1.24 bits per heavy atom. The summed E-state index contributed by atoms with van der Waals surface area (Å²) in [4.78, 5) is 27.3. The van der Waals surface area contributed by atoms with Gasteiger partial charge >= 0.3 is 6.01 Å². The van der Waals surface area contributed by atoms with Crippen molar-refractivity contribution in [1.82, 2.24) is 15.3 Å². The van der Waals surface area contributed by atoms with Crippen molar-refractivity contribution >= 4 is 29.5 Å². The van der Waals surface area contributed by atoms with Crippen LogP contribution in [0.5, 0.6) is 11.8 Å². The van der Waals surface area contributed by atoms with E-state index in [4.69, 9.17) is 4.74 Å². The molecule has 1 amide bonds. The third kappa shape index (κ3) is 4.13. The van der Waals surface area contributed by atoms with E-state index in [1.54, 1.807) is 12.1 Å². The Morgan fingerprint density at radius 3 is 2.94 bits per heavy atom. The number of benzene rings is 1. The first kappa shape index (κ1) is 20.8. The summed E-state index contributed by atoms with van der Waals surface area (Å²) in [6, 6.07) is 5.26. The predicted molar refractivity (Wildman–Crippen MR) is 128 cm³/mol. The molecule has 2 fully saturated rings. The number of fused-ring (bicyclic) bond motifs is 1. The number of allylic oxidation sites excluding steroid dienone is 1. The Balaban J connectivity index is 1.31. The number of amidine groups is 1. The fourth-order valence-corrected chi connectivity index (χ4v) is 4.57. The molecule has 2 aliphatic heterocycles. The fraction of sp³-hybridized carbons (Fsp3) is 0.360. The van der Waals surface area contributed by atoms with E-state index >= 15 is 4.39 Å². The Kier molecular flexibility index (Phi) is 5.04. The zero-order chi connectivity index (χ0) is 23.2. The highest BCUT2D eigenvalue weighted by molar-refractivity contribution is 6.05. The summed E-state index contributed by atoms with van der Waals surface area (Å²) >= 11 is 0. The molecule has 174 valence electrons. The Hall–Kier alpha value is -3.75. The van der Waals surface area contributed by atoms with Crippen LogP contribution in [0, 0.1) is 11.7 Å². The van der Waals surface area contributed by atoms with Crippen LogP contribution in [0.3, 0.4) is 0 Å². The number of carbonyl (C=O) groups is 1. The molecule has 2 aliphatic carbocycles. The number of nitrogens with zero attached hydrogens (tertiary/aromatic N) is 4. The first-order valence-corrected chi connectivity index (χ1v) is 11.6. The molecule has 4 aliphatic rings. The lowest BCUT2D eigenvalue weighted by molar-refractivity contribution is -0.120. The molecule has 0 radical (unpaired) electrons. The highest BCUT2D eigenvalue weighted by atomic mass is 19.1. The van der Waals surface area contributed by atoms with Gasteiger partial charge in [-0.1, -0.05) is 17.7 Å². The molecule has 3 heterocycles. The molecule has 0 atom stereocenters. The lowest BCUT2D eigenvalue weighted by atomic mass is 10.1. The molecule has 1 aromatic heterocycles. The smallest absolute Gasteiger partial charge is 0.326 e. The van der Waals surface area contributed by atoms with E-state index in [-0.39, 0.29) is 24.2 Å². The van der Waals surface area contributed by atoms with Crippen molar-refractivity contribution in [1.29, 1.82) is 0 Å². The fourth-order valence-electron chi connectivity index (χ4n) is 4.57. The van der Waals surface area contributed by atoms with Gasteiger partial charge < -0.3 is 20.3 Å². The van der Waals surface area contributed by atoms with Crippen molar-refractivity contribution in [2.75, 3.05) is 36.4 Å². The molecule has 1 saturated heterocycles. The first-order chi connectivity index (χ1) is 16.5. The number of rotatable bonds is 5. The van der Waals surface area contributed by atoms with E-state index in [1.807, 2.05) is 24.0 Å². The molecule has 34 heavy (non-hydrogen) atoms. The van der Waals surface area contributed by atoms with Crippen LogP contribution in [0.2, 0.25) is 0 Å². The predicted octanol–water partition coefficient (Wildman–Crippen LogP) is 3.46. The minimum absolute atomic E-state index is 0.00789. The minimum Gasteiger partial charge on any atom is -0.421 e. The van der Waals surface area contributed by atoms with E-state index in [9.17, 15) is 4.79 Å². The molecule has 1 aromatic carbocycles. The summed E-state index contributed by atoms with van der Waals surface area (Å²) in [5, 5.41) is 6.06. The van der Waals surface area contributed by atoms with Gasteiger partial charge in [-0.05, 0) is 55.4 Å². The number of aromatic nitrogens is 2. The van der Waals surface area contributed by atoms with Crippen LogP contribution >= 0.6 is 0 Å². The SMILES string of the molecule is CC1=Cc2c(ccc(Oc3nc(NC4=NCC(C5CC5)=C4)cc(N4CCNC(=O)C4)n3)c2F)C1. The average molecular weight is 461 g/mol. The standard InChI is InChI=1S/C25H25FN6O2/c1-14-8-16-4-5-19(24(26)18(16)9-14)34-25-30-21(29-20-10-17(12-28-20)15-2-3-15)11-22(31-25)32-7-6-27-23(33)13-32/h4-5,9-11,15H,2-3,6-8,12-13H2,1H3,(H,27,33)(H,28,29,30,31). The van der Waals surface area contributed by atoms with Crippen LogP contribution in [-0.2, 0) is 11.2 Å². The number of nitrogens with one attached hydrogen (secondary N) is 2. The number of aliphatic imine (C=N–C) groups is 1. The van der Waals surface area contributed by atoms with Crippen molar-refractivity contribution in [2.45, 2.75) is 26.2 Å². The molecule has 9 heteroatoms. The monoisotopic (exact) mass is 460 g/mol. The minimum atomic E-state index is -0.424. The Bertz CT molecular complexity index is 1280. The molecule has 1 saturated carbocycles. The number of hydrogen-bond donors (Lipinski definition) is 2. The molecule has 0 unspecified atom stereocenters. The van der Waals surface area contributed by atoms with Crippen molar-refractivity contribution < 1.29 is 13.9 Å². The third-order valence-electron chi connectivity index (χ3n) is 6.46. The maximum absolute atomic E-state index is 15.2. The Labute approximate surface area is 196 Å². The molecular formula is C25H25FN6O2. The average Bonchev–Trinajstić information content (AvgIpc) is 3.44. The van der Waals surface area contributed by atoms with Crippen LogP contribution in [0.4, 0.5) is 16.0 Å². The second-order valence-electron chi connectivity index (χ2n) is 9.21. The van der Waals surface area contributed by atoms with E-state index in [2.05, 4.69) is 31.7 Å². The van der Waals surface area contributed by atoms with Gasteiger partial charge in [-0.3, -0.25) is 9.79 Å². The summed E-state index contributed by atoms with van der Waals surface area (Å²) in [6.45, 7) is 3.99. The van der Waals surface area contributed by atoms with Gasteiger partial charge in [0, 0.05) is 24.7 Å². The maximum atomic E-state index is 15.2. The first-order valence-electron chi connectivity index (χ1n) is 11.6. The molecule has 0 bridgehead atoms. The van der Waals surface area contributed by atoms with Gasteiger partial charge in [-0.25, -0.2) is 4.39 Å². The quantitative estimate of drug-likeness (QED) is 0.710. The second-order valence-corrected chi connectivity index (χ2v) is 9.21. The number of ether oxygens (including phenoxy) is 1. The topological polar surface area (TPSA) is 91.7 Å². The van der Waals surface area contributed by atoms with Gasteiger partial charge in [-0.15, -0.1) is 0 Å². The van der Waals surface area contributed by atoms with E-state index < -0.39 is 5.82 Å². The molecule has 6 rings (SSSR count). The normalized spacial score (nSPS) is 19.3. The molecule has 2 aromatic rings. The summed E-state index contributed by atoms with van der Waals surface area (Å²) in [6.07, 6.45) is 7.10. The van der Waals surface area contributed by atoms with E-state index in [0.29, 0.717) is 42.8 Å². The van der Waals surface area contributed by atoms with Gasteiger partial charge in [0.15, 0.2) is 11.6 Å². The summed E-state index contributed by atoms with van der Waals surface area (Å²) < 4.78 is 21.0. The van der Waals surface area contributed by atoms with Gasteiger partial charge in [0.25, 0.3) is 0 Å². The van der Waals surface area contributed by atoms with E-state index in [1.165, 1.54) is 18.4 Å². The largest absolute Gasteiger partial charge is 0.421 e. The highest BCUT2D eigenvalue weighted by Crippen LogP contribution is 2.38. The number of hydrogen-bond acceptors (Lipinski definition) is 7. The van der Waals surface area contributed by atoms with Crippen LogP contribution in [-0.4, -0.2) is 47.9 Å². The molecular weight excluding hydrogens is 435 g/mol. The Morgan fingerprint density at radius 2 is 2.12 bits per heavy atom. The number of amides is 1. The number of anilines is 2. The molecule has 0 spiro atoms. The zero-order valence-electron chi connectivity index (χ0n) is 18.9. The van der Waals surface area contributed by atoms with Gasteiger partial charge in [0.05, 0.1) is 13.1 Å². The highest BCUT2D eigenvalue weighted by Gasteiger charge is 2.28. The van der Waals surface area contributed by atoms with Crippen LogP contribution in [0.1, 0.15) is 30.9 Å². The number of piperazine rings is 1. The van der Waals surface area contributed by atoms with Crippen molar-refractivity contribution in [3.63, 3.8) is 0 Å². The van der Waals surface area contributed by atoms with Gasteiger partial charge in [0.1, 0.15) is 17.5 Å². The lowest BCUT2D eigenvalue weighted by Gasteiger charge is -2.28. The molecule has 8 nitrogen and oxygen atoms in total. The summed E-state index contributed by atoms with van der Waals surface area (Å²) in [5.41, 5.74) is 3.94. The van der Waals surface area contributed by atoms with Crippen molar-refractivity contribution in [3.05, 3.63) is 52.4 Å². The maximum Gasteiger partial charge on any atom is 0.326 e. The molecule has 2 N–H and O–H groups in total. The lowest BCUT2D eigenvalue weighted by Crippen LogP contribution is -2.48. The zero-order valence-corrected chi connectivity index (χ0v) is 18.9. The summed E-state index contributed by atoms with van der Waals surface area (Å²) in [7, 11) is 0. The van der Waals surface area contributed by atoms with Crippen LogP contribution in [0.25, 0.3) is 6.08 Å². The van der Waals surface area contributed by atoms with Crippen LogP contribution in [0.15, 0.2) is 40.4 Å². The van der Waals surface area contributed by atoms with Gasteiger partial charge in [0.2, 0.25) is 5.91 Å². The van der Waals surface area contributed by atoms with Crippen molar-refractivity contribution in [2.24, 2.45) is 10.9 Å². The summed E-state index contributed by atoms with van der Waals surface area (Å²) in [5.74, 6) is 1.96. The number of carbonyl (C=O) groups excluding carboxylic acids is 1. The van der Waals surface area contributed by atoms with Gasteiger partial charge in [-0.2, -0.15) is 9.97 Å². The third-order valence-corrected chi connectivity index (χ3v) is 6.46. The second kappa shape index (κ2) is 8.23. The number of halogens is 1. The van der Waals surface area contributed by atoms with Crippen LogP contribution < -0.4 is 20.3 Å².